The van der Waals surface area contributed by atoms with Crippen molar-refractivity contribution in [1.82, 2.24) is 0 Å². The van der Waals surface area contributed by atoms with Crippen molar-refractivity contribution in [2.45, 2.75) is 109 Å². The van der Waals surface area contributed by atoms with Crippen LogP contribution in [0.4, 0.5) is 0 Å². The third kappa shape index (κ3) is 47.7. The largest absolute Gasteiger partial charge is 1.00 e. The first kappa shape index (κ1) is 66.0. The molecule has 20 heteroatoms. The number of hydrogen-bond donors (Lipinski definition) is 0. The molecule has 66 heavy (non-hydrogen) atoms. The summed E-state index contributed by atoms with van der Waals surface area (Å²) in [5.41, 5.74) is 0. The van der Waals surface area contributed by atoms with Crippen molar-refractivity contribution in [3.63, 3.8) is 0 Å². The molecule has 0 bridgehead atoms. The summed E-state index contributed by atoms with van der Waals surface area (Å²) in [5, 5.41) is 0. The second-order valence-corrected chi connectivity index (χ2v) is 17.2. The fourth-order valence-electron chi connectivity index (χ4n) is 6.26. The predicted molar refractivity (Wildman–Crippen MR) is 245 cm³/mol. The Kier molecular flexibility index (Phi) is 50.0. The van der Waals surface area contributed by atoms with Crippen molar-refractivity contribution in [1.29, 1.82) is 0 Å². The van der Waals surface area contributed by atoms with E-state index < -0.39 is 15.9 Å². The normalized spacial score (nSPS) is 16.8. The number of ether oxygens (including phenoxy) is 15. The minimum atomic E-state index is -4.15. The van der Waals surface area contributed by atoms with Crippen LogP contribution >= 0.6 is 0 Å². The van der Waals surface area contributed by atoms with Gasteiger partial charge in [-0.3, -0.25) is 0 Å². The Balaban J connectivity index is 0.0000422. The van der Waals surface area contributed by atoms with E-state index in [4.69, 9.17) is 71.1 Å². The Morgan fingerprint density at radius 3 is 1.38 bits per heavy atom. The van der Waals surface area contributed by atoms with E-state index in [0.29, 0.717) is 185 Å². The summed E-state index contributed by atoms with van der Waals surface area (Å²) in [7, 11) is -4.15. The molecule has 1 heterocycles. The second-order valence-electron chi connectivity index (χ2n) is 15.7. The predicted octanol–water partition coefficient (Wildman–Crippen LogP) is 2.14. The molecular formula is C46H89NaO18S. The van der Waals surface area contributed by atoms with Crippen LogP contribution in [0.5, 0.6) is 0 Å². The van der Waals surface area contributed by atoms with Crippen molar-refractivity contribution >= 4 is 10.1 Å². The summed E-state index contributed by atoms with van der Waals surface area (Å²) in [5.74, 6) is -0.888. The summed E-state index contributed by atoms with van der Waals surface area (Å²) in [6.07, 6.45) is 14.8. The first-order valence-electron chi connectivity index (χ1n) is 24.2. The SMILES string of the molecule is C=CCOCC(COCC1COC(C)(CCCCCCCCCCC)O1)OCCOCCOCCOCCOCCOCCOCCOCCOCCOCCOCCCCS(=O)(=O)[O-].[Na+]. The fraction of sp³-hybridized carbons (Fsp3) is 0.957. The molecule has 18 nitrogen and oxygen atoms in total. The topological polar surface area (TPSA) is 196 Å². The molecule has 1 aliphatic heterocycles. The number of rotatable bonds is 54. The maximum Gasteiger partial charge on any atom is 1.00 e. The van der Waals surface area contributed by atoms with Gasteiger partial charge in [0, 0.05) is 18.8 Å². The summed E-state index contributed by atoms with van der Waals surface area (Å²) in [6, 6.07) is 0. The van der Waals surface area contributed by atoms with Gasteiger partial charge in [0.25, 0.3) is 0 Å². The standard InChI is InChI=1S/C46H90O18S.Na/c1-4-6-7-8-9-10-11-12-13-16-46(3)63-43-45(64-46)42-61-41-44(40-60-17-5-2)62-38-37-59-36-35-58-34-33-57-32-31-56-30-29-55-28-27-54-26-25-53-24-23-52-22-21-51-20-19-50-18-14-15-39-65(47,48)49;/h5,44-45H,2,4,6-43H2,1,3H3,(H,47,48,49);/q;+1/p-1. The molecule has 0 aromatic rings. The van der Waals surface area contributed by atoms with Gasteiger partial charge in [0.05, 0.1) is 175 Å². The molecule has 3 unspecified atom stereocenters. The van der Waals surface area contributed by atoms with E-state index in [1.54, 1.807) is 6.08 Å². The molecular weight excluding hydrogens is 896 g/mol. The molecule has 1 rings (SSSR count). The average molecular weight is 985 g/mol. The minimum absolute atomic E-state index is 0. The zero-order chi connectivity index (χ0) is 47.0. The molecule has 0 radical (unpaired) electrons. The van der Waals surface area contributed by atoms with Crippen LogP contribution in [-0.4, -0.2) is 208 Å². The first-order valence-corrected chi connectivity index (χ1v) is 25.8. The molecule has 3 atom stereocenters. The van der Waals surface area contributed by atoms with Crippen LogP contribution in [0, 0.1) is 0 Å². The van der Waals surface area contributed by atoms with E-state index in [0.717, 1.165) is 12.8 Å². The number of hydrogen-bond acceptors (Lipinski definition) is 18. The molecule has 1 aliphatic rings. The van der Waals surface area contributed by atoms with Crippen molar-refractivity contribution in [3.05, 3.63) is 12.7 Å². The van der Waals surface area contributed by atoms with Gasteiger partial charge in [-0.1, -0.05) is 64.4 Å². The van der Waals surface area contributed by atoms with Gasteiger partial charge >= 0.3 is 29.6 Å². The molecule has 0 aliphatic carbocycles. The van der Waals surface area contributed by atoms with Crippen LogP contribution in [0.2, 0.25) is 0 Å². The summed E-state index contributed by atoms with van der Waals surface area (Å²) >= 11 is 0. The molecule has 0 aromatic carbocycles. The van der Waals surface area contributed by atoms with Gasteiger partial charge in [-0.05, 0) is 26.2 Å². The Labute approximate surface area is 420 Å². The first-order chi connectivity index (χ1) is 31.8. The molecule has 0 amide bonds. The van der Waals surface area contributed by atoms with Gasteiger partial charge in [0.15, 0.2) is 5.79 Å². The monoisotopic (exact) mass is 985 g/mol. The van der Waals surface area contributed by atoms with Crippen LogP contribution in [0.1, 0.15) is 90.9 Å². The van der Waals surface area contributed by atoms with Crippen molar-refractivity contribution in [3.8, 4) is 0 Å². The van der Waals surface area contributed by atoms with E-state index in [1.165, 1.54) is 51.4 Å². The maximum absolute atomic E-state index is 10.5. The van der Waals surface area contributed by atoms with Gasteiger partial charge in [0.1, 0.15) is 12.2 Å². The van der Waals surface area contributed by atoms with E-state index in [1.807, 2.05) is 6.92 Å². The van der Waals surface area contributed by atoms with Crippen LogP contribution in [0.15, 0.2) is 12.7 Å². The van der Waals surface area contributed by atoms with Crippen LogP contribution in [0.3, 0.4) is 0 Å². The third-order valence-corrected chi connectivity index (χ3v) is 10.5. The Hall–Kier alpha value is 0.0500. The molecule has 0 spiro atoms. The Morgan fingerprint density at radius 2 is 0.955 bits per heavy atom. The van der Waals surface area contributed by atoms with E-state index in [2.05, 4.69) is 13.5 Å². The fourth-order valence-corrected chi connectivity index (χ4v) is 6.81. The Morgan fingerprint density at radius 1 is 0.561 bits per heavy atom. The number of unbranched alkanes of at least 4 members (excludes halogenated alkanes) is 9. The zero-order valence-electron chi connectivity index (χ0n) is 41.3. The molecule has 1 fully saturated rings. The average Bonchev–Trinajstić information content (AvgIpc) is 3.66. The van der Waals surface area contributed by atoms with Crippen molar-refractivity contribution in [2.75, 3.05) is 178 Å². The molecule has 0 aromatic heterocycles. The minimum Gasteiger partial charge on any atom is -0.748 e. The van der Waals surface area contributed by atoms with Gasteiger partial charge in [-0.25, -0.2) is 8.42 Å². The summed E-state index contributed by atoms with van der Waals surface area (Å²) < 4.78 is 116. The van der Waals surface area contributed by atoms with Gasteiger partial charge in [-0.15, -0.1) is 6.58 Å². The summed E-state index contributed by atoms with van der Waals surface area (Å²) in [4.78, 5) is 0. The van der Waals surface area contributed by atoms with Crippen molar-refractivity contribution < 1.29 is 114 Å². The van der Waals surface area contributed by atoms with Crippen LogP contribution in [0.25, 0.3) is 0 Å². The van der Waals surface area contributed by atoms with E-state index in [-0.39, 0.29) is 47.5 Å². The second kappa shape index (κ2) is 50.0. The molecule has 1 saturated heterocycles. The maximum atomic E-state index is 10.5. The third-order valence-electron chi connectivity index (χ3n) is 9.73. The van der Waals surface area contributed by atoms with E-state index >= 15 is 0 Å². The molecule has 0 N–H and O–H groups in total. The quantitative estimate of drug-likeness (QED) is 0.0372. The zero-order valence-corrected chi connectivity index (χ0v) is 44.1. The van der Waals surface area contributed by atoms with Crippen molar-refractivity contribution in [2.24, 2.45) is 0 Å². The summed E-state index contributed by atoms with van der Waals surface area (Å²) in [6.45, 7) is 19.7. The molecule has 388 valence electrons. The Bertz CT molecular complexity index is 1120. The van der Waals surface area contributed by atoms with Gasteiger partial charge in [0.2, 0.25) is 0 Å². The molecule has 0 saturated carbocycles. The van der Waals surface area contributed by atoms with Gasteiger partial charge < -0.3 is 75.6 Å². The van der Waals surface area contributed by atoms with E-state index in [9.17, 15) is 13.0 Å². The smallest absolute Gasteiger partial charge is 0.748 e. The van der Waals surface area contributed by atoms with Crippen LogP contribution in [-0.2, 0) is 81.2 Å². The van der Waals surface area contributed by atoms with Gasteiger partial charge in [-0.2, -0.15) is 0 Å². The van der Waals surface area contributed by atoms with Crippen LogP contribution < -0.4 is 29.6 Å².